The van der Waals surface area contributed by atoms with Gasteiger partial charge >= 0.3 is 5.97 Å². The minimum atomic E-state index is -0.323. The molecule has 23 heavy (non-hydrogen) atoms. The number of aryl methyl sites for hydroxylation is 1. The van der Waals surface area contributed by atoms with Crippen LogP contribution in [0.15, 0.2) is 46.1 Å². The van der Waals surface area contributed by atoms with E-state index >= 15 is 0 Å². The molecular weight excluding hydrogens is 316 g/mol. The van der Waals surface area contributed by atoms with E-state index in [2.05, 4.69) is 20.1 Å². The van der Waals surface area contributed by atoms with Crippen molar-refractivity contribution in [1.29, 1.82) is 0 Å². The Morgan fingerprint density at radius 3 is 2.74 bits per heavy atom. The Balaban J connectivity index is 2.03. The number of nitrogens with zero attached hydrogens (tertiary/aromatic N) is 4. The number of carbonyl (C=O) groups is 1. The number of carbonyl (C=O) groups excluding carboxylic acids is 1. The van der Waals surface area contributed by atoms with Crippen molar-refractivity contribution in [2.45, 2.75) is 12.1 Å². The Labute approximate surface area is 136 Å². The van der Waals surface area contributed by atoms with Crippen LogP contribution in [0, 0.1) is 6.92 Å². The van der Waals surface area contributed by atoms with Crippen LogP contribution in [0.2, 0.25) is 0 Å². The molecule has 0 spiro atoms. The molecule has 2 aromatic heterocycles. The maximum absolute atomic E-state index is 11.4. The number of para-hydroxylation sites is 1. The molecule has 0 fully saturated rings. The third-order valence-electron chi connectivity index (χ3n) is 3.05. The Morgan fingerprint density at radius 1 is 1.30 bits per heavy atom. The Kier molecular flexibility index (Phi) is 4.42. The number of rotatable bonds is 5. The number of benzene rings is 1. The molecule has 0 atom stereocenters. The maximum Gasteiger partial charge on any atom is 0.316 e. The predicted molar refractivity (Wildman–Crippen MR) is 84.3 cm³/mol. The van der Waals surface area contributed by atoms with Gasteiger partial charge in [0.15, 0.2) is 16.7 Å². The van der Waals surface area contributed by atoms with Crippen LogP contribution in [-0.2, 0) is 9.53 Å². The second-order valence-corrected chi connectivity index (χ2v) is 5.61. The second-order valence-electron chi connectivity index (χ2n) is 4.66. The number of ether oxygens (including phenoxy) is 1. The molecule has 0 aliphatic heterocycles. The molecule has 8 heteroatoms. The van der Waals surface area contributed by atoms with Crippen LogP contribution in [0.4, 0.5) is 0 Å². The summed E-state index contributed by atoms with van der Waals surface area (Å²) >= 11 is 1.25. The van der Waals surface area contributed by atoms with Gasteiger partial charge in [-0.05, 0) is 19.1 Å². The average molecular weight is 330 g/mol. The van der Waals surface area contributed by atoms with Crippen LogP contribution in [0.3, 0.4) is 0 Å². The van der Waals surface area contributed by atoms with Crippen molar-refractivity contribution in [2.75, 3.05) is 12.9 Å². The first-order valence-corrected chi connectivity index (χ1v) is 7.81. The highest BCUT2D eigenvalue weighted by Crippen LogP contribution is 2.27. The van der Waals surface area contributed by atoms with Gasteiger partial charge in [0.25, 0.3) is 0 Å². The van der Waals surface area contributed by atoms with Crippen LogP contribution in [0.1, 0.15) is 5.76 Å². The van der Waals surface area contributed by atoms with E-state index in [0.717, 1.165) is 5.69 Å². The first-order valence-electron chi connectivity index (χ1n) is 6.83. The maximum atomic E-state index is 11.4. The highest BCUT2D eigenvalue weighted by molar-refractivity contribution is 7.99. The summed E-state index contributed by atoms with van der Waals surface area (Å²) < 4.78 is 11.6. The van der Waals surface area contributed by atoms with E-state index in [1.807, 2.05) is 41.8 Å². The monoisotopic (exact) mass is 330 g/mol. The Morgan fingerprint density at radius 2 is 2.09 bits per heavy atom. The normalized spacial score (nSPS) is 10.7. The number of hydrogen-bond donors (Lipinski definition) is 0. The summed E-state index contributed by atoms with van der Waals surface area (Å²) in [6.45, 7) is 1.81. The number of esters is 1. The molecule has 0 N–H and O–H groups in total. The third kappa shape index (κ3) is 3.26. The molecule has 0 aliphatic carbocycles. The van der Waals surface area contributed by atoms with Crippen LogP contribution < -0.4 is 0 Å². The van der Waals surface area contributed by atoms with Crippen LogP contribution >= 0.6 is 11.8 Å². The smallest absolute Gasteiger partial charge is 0.316 e. The molecule has 0 aliphatic rings. The van der Waals surface area contributed by atoms with Crippen molar-refractivity contribution in [3.63, 3.8) is 0 Å². The quantitative estimate of drug-likeness (QED) is 0.525. The fourth-order valence-electron chi connectivity index (χ4n) is 1.99. The van der Waals surface area contributed by atoms with E-state index in [1.165, 1.54) is 18.9 Å². The van der Waals surface area contributed by atoms with Crippen molar-refractivity contribution in [3.8, 4) is 17.2 Å². The highest BCUT2D eigenvalue weighted by atomic mass is 32.2. The van der Waals surface area contributed by atoms with Crippen LogP contribution in [0.25, 0.3) is 17.2 Å². The summed E-state index contributed by atoms with van der Waals surface area (Å²) in [7, 11) is 1.36. The number of aromatic nitrogens is 4. The lowest BCUT2D eigenvalue weighted by Gasteiger charge is -2.08. The van der Waals surface area contributed by atoms with Gasteiger partial charge in [0.2, 0.25) is 0 Å². The molecule has 3 aromatic rings. The second kappa shape index (κ2) is 6.66. The molecule has 2 heterocycles. The van der Waals surface area contributed by atoms with Crippen molar-refractivity contribution < 1.29 is 14.1 Å². The Hall–Kier alpha value is -2.61. The zero-order valence-electron chi connectivity index (χ0n) is 12.6. The van der Waals surface area contributed by atoms with Gasteiger partial charge in [0.05, 0.1) is 12.9 Å². The fourth-order valence-corrected chi connectivity index (χ4v) is 2.78. The van der Waals surface area contributed by atoms with Gasteiger partial charge in [-0.2, -0.15) is 0 Å². The summed E-state index contributed by atoms with van der Waals surface area (Å²) in [5.74, 6) is 1.07. The van der Waals surface area contributed by atoms with E-state index in [9.17, 15) is 4.79 Å². The summed E-state index contributed by atoms with van der Waals surface area (Å²) in [5, 5.41) is 12.9. The molecule has 7 nitrogen and oxygen atoms in total. The van der Waals surface area contributed by atoms with E-state index in [0.29, 0.717) is 22.4 Å². The molecule has 0 unspecified atom stereocenters. The van der Waals surface area contributed by atoms with E-state index in [1.54, 1.807) is 6.07 Å². The van der Waals surface area contributed by atoms with Crippen molar-refractivity contribution in [2.24, 2.45) is 0 Å². The van der Waals surface area contributed by atoms with Gasteiger partial charge in [-0.3, -0.25) is 9.36 Å². The SMILES string of the molecule is COC(=O)CSc1nnc(-c2cc(C)on2)n1-c1ccccc1. The van der Waals surface area contributed by atoms with Gasteiger partial charge in [-0.25, -0.2) is 0 Å². The minimum Gasteiger partial charge on any atom is -0.468 e. The molecule has 0 saturated carbocycles. The number of methoxy groups -OCH3 is 1. The van der Waals surface area contributed by atoms with E-state index in [-0.39, 0.29) is 11.7 Å². The average Bonchev–Trinajstić information content (AvgIpc) is 3.19. The number of hydrogen-bond acceptors (Lipinski definition) is 7. The number of thioether (sulfide) groups is 1. The molecule has 0 radical (unpaired) electrons. The summed E-state index contributed by atoms with van der Waals surface area (Å²) in [5.41, 5.74) is 1.46. The van der Waals surface area contributed by atoms with Crippen molar-refractivity contribution in [3.05, 3.63) is 42.2 Å². The zero-order valence-corrected chi connectivity index (χ0v) is 13.4. The summed E-state index contributed by atoms with van der Waals surface area (Å²) in [4.78, 5) is 11.4. The van der Waals surface area contributed by atoms with Crippen molar-refractivity contribution in [1.82, 2.24) is 19.9 Å². The standard InChI is InChI=1S/C15H14N4O3S/c1-10-8-12(18-22-10)14-16-17-15(23-9-13(20)21-2)19(14)11-6-4-3-5-7-11/h3-8H,9H2,1-2H3. The first kappa shape index (κ1) is 15.3. The molecule has 0 saturated heterocycles. The topological polar surface area (TPSA) is 83.0 Å². The molecule has 1 aromatic carbocycles. The molecule has 0 bridgehead atoms. The fraction of sp³-hybridized carbons (Fsp3) is 0.200. The molecular formula is C15H14N4O3S. The minimum absolute atomic E-state index is 0.152. The molecule has 0 amide bonds. The lowest BCUT2D eigenvalue weighted by molar-refractivity contribution is -0.137. The molecule has 118 valence electrons. The summed E-state index contributed by atoms with van der Waals surface area (Å²) in [6, 6.07) is 11.4. The largest absolute Gasteiger partial charge is 0.468 e. The third-order valence-corrected chi connectivity index (χ3v) is 3.95. The molecule has 3 rings (SSSR count). The van der Waals surface area contributed by atoms with Gasteiger partial charge < -0.3 is 9.26 Å². The lowest BCUT2D eigenvalue weighted by Crippen LogP contribution is -2.05. The van der Waals surface area contributed by atoms with Crippen molar-refractivity contribution >= 4 is 17.7 Å². The Bertz CT molecular complexity index is 813. The predicted octanol–water partition coefficient (Wildman–Crippen LogP) is 2.50. The van der Waals surface area contributed by atoms with Crippen LogP contribution in [0.5, 0.6) is 0 Å². The van der Waals surface area contributed by atoms with Gasteiger partial charge in [-0.1, -0.05) is 35.1 Å². The van der Waals surface area contributed by atoms with E-state index < -0.39 is 0 Å². The lowest BCUT2D eigenvalue weighted by atomic mass is 10.3. The highest BCUT2D eigenvalue weighted by Gasteiger charge is 2.19. The van der Waals surface area contributed by atoms with E-state index in [4.69, 9.17) is 4.52 Å². The van der Waals surface area contributed by atoms with Gasteiger partial charge in [0, 0.05) is 11.8 Å². The van der Waals surface area contributed by atoms with Gasteiger partial charge in [0.1, 0.15) is 5.76 Å². The van der Waals surface area contributed by atoms with Crippen LogP contribution in [-0.4, -0.2) is 38.8 Å². The van der Waals surface area contributed by atoms with Gasteiger partial charge in [-0.15, -0.1) is 10.2 Å². The summed E-state index contributed by atoms with van der Waals surface area (Å²) in [6.07, 6.45) is 0. The first-order chi connectivity index (χ1) is 11.2. The zero-order chi connectivity index (χ0) is 16.2.